The van der Waals surface area contributed by atoms with E-state index in [9.17, 15) is 4.79 Å². The van der Waals surface area contributed by atoms with Crippen LogP contribution in [-0.4, -0.2) is 17.7 Å². The number of aromatic nitrogens is 1. The molecule has 0 aliphatic heterocycles. The maximum atomic E-state index is 12.4. The van der Waals surface area contributed by atoms with Crippen molar-refractivity contribution in [2.24, 2.45) is 0 Å². The van der Waals surface area contributed by atoms with Gasteiger partial charge in [-0.15, -0.1) is 0 Å². The molecule has 0 saturated heterocycles. The lowest BCUT2D eigenvalue weighted by molar-refractivity contribution is 0.0734. The Morgan fingerprint density at radius 3 is 2.26 bits per heavy atom. The molecule has 3 rings (SSSR count). The molecule has 0 saturated carbocycles. The second-order valence-electron chi connectivity index (χ2n) is 7.63. The number of esters is 1. The van der Waals surface area contributed by atoms with Crippen molar-refractivity contribution in [2.45, 2.75) is 58.8 Å². The fraction of sp³-hybridized carbons (Fsp3) is 0.385. The molecule has 1 heterocycles. The first-order valence-corrected chi connectivity index (χ1v) is 11.2. The van der Waals surface area contributed by atoms with Crippen LogP contribution >= 0.6 is 0 Å². The van der Waals surface area contributed by atoms with Gasteiger partial charge in [-0.3, -0.25) is 0 Å². The Morgan fingerprint density at radius 1 is 0.871 bits per heavy atom. The molecule has 0 amide bonds. The van der Waals surface area contributed by atoms with E-state index in [4.69, 9.17) is 14.0 Å². The van der Waals surface area contributed by atoms with E-state index in [1.54, 1.807) is 36.4 Å². The van der Waals surface area contributed by atoms with Crippen molar-refractivity contribution in [1.29, 1.82) is 0 Å². The lowest BCUT2D eigenvalue weighted by Gasteiger charge is -2.07. The Hall–Kier alpha value is -3.08. The Morgan fingerprint density at radius 2 is 1.55 bits per heavy atom. The van der Waals surface area contributed by atoms with Crippen LogP contribution in [0.15, 0.2) is 59.1 Å². The first kappa shape index (κ1) is 22.6. The summed E-state index contributed by atoms with van der Waals surface area (Å²) in [4.78, 5) is 12.4. The molecule has 0 atom stereocenters. The number of benzene rings is 2. The molecule has 0 N–H and O–H groups in total. The maximum absolute atomic E-state index is 12.4. The topological polar surface area (TPSA) is 61.6 Å². The summed E-state index contributed by atoms with van der Waals surface area (Å²) in [5.41, 5.74) is 2.20. The molecule has 0 bridgehead atoms. The predicted octanol–water partition coefficient (Wildman–Crippen LogP) is 6.86. The number of carbonyl (C=O) groups excluding carboxylic acids is 1. The number of hydrogen-bond donors (Lipinski definition) is 0. The minimum atomic E-state index is -0.398. The van der Waals surface area contributed by atoms with Crippen LogP contribution in [0, 0.1) is 0 Å². The standard InChI is InChI=1S/C26H31NO4/c1-3-5-7-9-24-19-25(27-31-24)20-10-16-23(17-11-20)30-26(28)21-12-14-22(15-13-21)29-18-8-6-4-2/h10-17,19H,3-9,18H2,1-2H3. The second kappa shape index (κ2) is 11.9. The Balaban J connectivity index is 1.53. The van der Waals surface area contributed by atoms with Gasteiger partial charge in [0.25, 0.3) is 0 Å². The van der Waals surface area contributed by atoms with E-state index in [1.165, 1.54) is 12.8 Å². The van der Waals surface area contributed by atoms with Crippen LogP contribution in [0.4, 0.5) is 0 Å². The van der Waals surface area contributed by atoms with Crippen LogP contribution in [0.1, 0.15) is 68.5 Å². The van der Waals surface area contributed by atoms with Gasteiger partial charge in [0, 0.05) is 18.1 Å². The average molecular weight is 422 g/mol. The molecule has 0 aliphatic carbocycles. The van der Waals surface area contributed by atoms with Crippen LogP contribution in [0.25, 0.3) is 11.3 Å². The summed E-state index contributed by atoms with van der Waals surface area (Å²) >= 11 is 0. The second-order valence-corrected chi connectivity index (χ2v) is 7.63. The number of nitrogens with zero attached hydrogens (tertiary/aromatic N) is 1. The summed E-state index contributed by atoms with van der Waals surface area (Å²) in [6, 6.07) is 16.3. The van der Waals surface area contributed by atoms with Crippen molar-refractivity contribution in [3.8, 4) is 22.8 Å². The largest absolute Gasteiger partial charge is 0.494 e. The zero-order valence-corrected chi connectivity index (χ0v) is 18.4. The van der Waals surface area contributed by atoms with Crippen molar-refractivity contribution >= 4 is 5.97 Å². The minimum Gasteiger partial charge on any atom is -0.494 e. The third-order valence-electron chi connectivity index (χ3n) is 5.05. The van der Waals surface area contributed by atoms with Gasteiger partial charge in [0.15, 0.2) is 0 Å². The monoisotopic (exact) mass is 421 g/mol. The summed E-state index contributed by atoms with van der Waals surface area (Å²) in [5.74, 6) is 1.75. The number of unbranched alkanes of at least 4 members (excludes halogenated alkanes) is 4. The van der Waals surface area contributed by atoms with Crippen molar-refractivity contribution < 1.29 is 18.8 Å². The maximum Gasteiger partial charge on any atom is 0.343 e. The van der Waals surface area contributed by atoms with Crippen molar-refractivity contribution in [1.82, 2.24) is 5.16 Å². The molecule has 0 aliphatic rings. The molecule has 2 aromatic carbocycles. The van der Waals surface area contributed by atoms with Crippen LogP contribution in [-0.2, 0) is 6.42 Å². The van der Waals surface area contributed by atoms with Gasteiger partial charge in [0.05, 0.1) is 12.2 Å². The van der Waals surface area contributed by atoms with Gasteiger partial charge in [0.2, 0.25) is 0 Å². The SMILES string of the molecule is CCCCCOc1ccc(C(=O)Oc2ccc(-c3cc(CCCCC)on3)cc2)cc1. The molecule has 1 aromatic heterocycles. The molecule has 0 unspecified atom stereocenters. The third kappa shape index (κ3) is 6.99. The highest BCUT2D eigenvalue weighted by Crippen LogP contribution is 2.24. The molecule has 0 fully saturated rings. The number of ether oxygens (including phenoxy) is 2. The van der Waals surface area contributed by atoms with E-state index < -0.39 is 5.97 Å². The lowest BCUT2D eigenvalue weighted by atomic mass is 10.1. The highest BCUT2D eigenvalue weighted by Gasteiger charge is 2.11. The third-order valence-corrected chi connectivity index (χ3v) is 5.05. The molecular weight excluding hydrogens is 390 g/mol. The van der Waals surface area contributed by atoms with E-state index in [1.807, 2.05) is 18.2 Å². The van der Waals surface area contributed by atoms with Crippen LogP contribution in [0.3, 0.4) is 0 Å². The van der Waals surface area contributed by atoms with Crippen molar-refractivity contribution in [3.63, 3.8) is 0 Å². The fourth-order valence-corrected chi connectivity index (χ4v) is 3.21. The van der Waals surface area contributed by atoms with Crippen molar-refractivity contribution in [3.05, 3.63) is 65.9 Å². The van der Waals surface area contributed by atoms with Gasteiger partial charge < -0.3 is 14.0 Å². The summed E-state index contributed by atoms with van der Waals surface area (Å²) < 4.78 is 16.6. The van der Waals surface area contributed by atoms with Crippen LogP contribution in [0.5, 0.6) is 11.5 Å². The molecule has 31 heavy (non-hydrogen) atoms. The van der Waals surface area contributed by atoms with E-state index >= 15 is 0 Å². The van der Waals surface area contributed by atoms with Gasteiger partial charge in [-0.25, -0.2) is 4.79 Å². The Labute approximate surface area is 184 Å². The summed E-state index contributed by atoms with van der Waals surface area (Å²) in [7, 11) is 0. The molecule has 5 nitrogen and oxygen atoms in total. The van der Waals surface area contributed by atoms with Crippen LogP contribution < -0.4 is 9.47 Å². The smallest absolute Gasteiger partial charge is 0.343 e. The molecule has 5 heteroatoms. The highest BCUT2D eigenvalue weighted by atomic mass is 16.5. The van der Waals surface area contributed by atoms with Gasteiger partial charge in [-0.1, -0.05) is 44.7 Å². The van der Waals surface area contributed by atoms with Crippen molar-refractivity contribution in [2.75, 3.05) is 6.61 Å². The van der Waals surface area contributed by atoms with Crippen LogP contribution in [0.2, 0.25) is 0 Å². The zero-order chi connectivity index (χ0) is 21.9. The minimum absolute atomic E-state index is 0.398. The first-order valence-electron chi connectivity index (χ1n) is 11.2. The average Bonchev–Trinajstić information content (AvgIpc) is 3.27. The van der Waals surface area contributed by atoms with E-state index in [-0.39, 0.29) is 0 Å². The Kier molecular flexibility index (Phi) is 8.71. The van der Waals surface area contributed by atoms with E-state index in [2.05, 4.69) is 19.0 Å². The van der Waals surface area contributed by atoms with E-state index in [0.717, 1.165) is 54.9 Å². The van der Waals surface area contributed by atoms with Gasteiger partial charge in [0.1, 0.15) is 23.0 Å². The van der Waals surface area contributed by atoms with E-state index in [0.29, 0.717) is 17.9 Å². The van der Waals surface area contributed by atoms with Gasteiger partial charge in [-0.05, 0) is 61.4 Å². The molecular formula is C26H31NO4. The van der Waals surface area contributed by atoms with Gasteiger partial charge >= 0.3 is 5.97 Å². The highest BCUT2D eigenvalue weighted by molar-refractivity contribution is 5.91. The molecule has 0 spiro atoms. The first-order chi connectivity index (χ1) is 15.2. The normalized spacial score (nSPS) is 10.8. The Bertz CT molecular complexity index is 929. The number of hydrogen-bond acceptors (Lipinski definition) is 5. The quantitative estimate of drug-likeness (QED) is 0.181. The molecule has 0 radical (unpaired) electrons. The molecule has 164 valence electrons. The number of rotatable bonds is 12. The summed E-state index contributed by atoms with van der Waals surface area (Å²) in [6.07, 6.45) is 7.71. The summed E-state index contributed by atoms with van der Waals surface area (Å²) in [6.45, 7) is 5.03. The predicted molar refractivity (Wildman–Crippen MR) is 122 cm³/mol. The fourth-order valence-electron chi connectivity index (χ4n) is 3.21. The molecule has 3 aromatic rings. The number of aryl methyl sites for hydroxylation is 1. The number of carbonyl (C=O) groups is 1. The summed E-state index contributed by atoms with van der Waals surface area (Å²) in [5, 5.41) is 4.15. The lowest BCUT2D eigenvalue weighted by Crippen LogP contribution is -2.08. The van der Waals surface area contributed by atoms with Gasteiger partial charge in [-0.2, -0.15) is 0 Å². The zero-order valence-electron chi connectivity index (χ0n) is 18.4.